The zero-order chi connectivity index (χ0) is 19.8. The second-order valence-electron chi connectivity index (χ2n) is 5.12. The van der Waals surface area contributed by atoms with Gasteiger partial charge in [0.05, 0.1) is 99.1 Å². The molecular formula is C17H35BrO9. The first kappa shape index (κ1) is 27.1. The molecule has 27 heavy (non-hydrogen) atoms. The van der Waals surface area contributed by atoms with Crippen LogP contribution in [0.2, 0.25) is 0 Å². The fourth-order valence-electron chi connectivity index (χ4n) is 1.63. The third-order valence-electron chi connectivity index (χ3n) is 2.97. The van der Waals surface area contributed by atoms with Gasteiger partial charge < -0.3 is 43.0 Å². The highest BCUT2D eigenvalue weighted by molar-refractivity contribution is 9.09. The van der Waals surface area contributed by atoms with Gasteiger partial charge in [0.15, 0.2) is 0 Å². The lowest BCUT2D eigenvalue weighted by Gasteiger charge is -2.09. The number of methoxy groups -OCH3 is 1. The molecule has 0 radical (unpaired) electrons. The number of aliphatic hydroxyl groups excluding tert-OH is 1. The summed E-state index contributed by atoms with van der Waals surface area (Å²) in [6.45, 7) is 7.07. The Labute approximate surface area is 170 Å². The van der Waals surface area contributed by atoms with Crippen molar-refractivity contribution in [1.82, 2.24) is 0 Å². The molecule has 0 saturated heterocycles. The SMILES string of the molecule is COC(Br)COCCOCCOCCOCCOCCOCCOCCO. The lowest BCUT2D eigenvalue weighted by atomic mass is 10.6. The van der Waals surface area contributed by atoms with Crippen LogP contribution < -0.4 is 0 Å². The Morgan fingerprint density at radius 1 is 0.556 bits per heavy atom. The molecule has 0 saturated carbocycles. The van der Waals surface area contributed by atoms with Crippen molar-refractivity contribution in [3.8, 4) is 0 Å². The monoisotopic (exact) mass is 462 g/mol. The zero-order valence-electron chi connectivity index (χ0n) is 16.3. The Balaban J connectivity index is 2.99. The van der Waals surface area contributed by atoms with E-state index in [0.29, 0.717) is 92.5 Å². The number of rotatable bonds is 23. The van der Waals surface area contributed by atoms with Crippen molar-refractivity contribution in [3.05, 3.63) is 0 Å². The molecule has 1 N–H and O–H groups in total. The minimum absolute atomic E-state index is 0.0329. The van der Waals surface area contributed by atoms with E-state index in [-0.39, 0.29) is 11.6 Å². The van der Waals surface area contributed by atoms with Crippen molar-refractivity contribution in [2.75, 3.05) is 106 Å². The molecular weight excluding hydrogens is 428 g/mol. The van der Waals surface area contributed by atoms with Crippen LogP contribution in [0.4, 0.5) is 0 Å². The summed E-state index contributed by atoms with van der Waals surface area (Å²) in [7, 11) is 1.61. The third kappa shape index (κ3) is 24.1. The third-order valence-corrected chi connectivity index (χ3v) is 3.61. The molecule has 0 rings (SSSR count). The fourth-order valence-corrected chi connectivity index (χ4v) is 1.81. The second-order valence-corrected chi connectivity index (χ2v) is 6.14. The number of hydrogen-bond acceptors (Lipinski definition) is 9. The lowest BCUT2D eigenvalue weighted by Crippen LogP contribution is -2.16. The predicted molar refractivity (Wildman–Crippen MR) is 103 cm³/mol. The molecule has 0 bridgehead atoms. The van der Waals surface area contributed by atoms with Crippen LogP contribution in [-0.4, -0.2) is 116 Å². The van der Waals surface area contributed by atoms with E-state index >= 15 is 0 Å². The molecule has 0 amide bonds. The Bertz CT molecular complexity index is 275. The second kappa shape index (κ2) is 24.2. The molecule has 10 heteroatoms. The van der Waals surface area contributed by atoms with Gasteiger partial charge in [-0.1, -0.05) is 15.9 Å². The van der Waals surface area contributed by atoms with E-state index in [1.165, 1.54) is 0 Å². The van der Waals surface area contributed by atoms with Crippen molar-refractivity contribution in [1.29, 1.82) is 0 Å². The maximum atomic E-state index is 8.52. The zero-order valence-corrected chi connectivity index (χ0v) is 17.9. The fraction of sp³-hybridized carbons (Fsp3) is 1.00. The van der Waals surface area contributed by atoms with Crippen molar-refractivity contribution in [3.63, 3.8) is 0 Å². The van der Waals surface area contributed by atoms with E-state index < -0.39 is 0 Å². The summed E-state index contributed by atoms with van der Waals surface area (Å²) in [5.74, 6) is 0. The van der Waals surface area contributed by atoms with Crippen LogP contribution in [0.25, 0.3) is 0 Å². The lowest BCUT2D eigenvalue weighted by molar-refractivity contribution is -0.0237. The summed E-state index contributed by atoms with van der Waals surface area (Å²) in [6, 6.07) is 0. The molecule has 0 aromatic rings. The Morgan fingerprint density at radius 2 is 0.852 bits per heavy atom. The number of alkyl halides is 1. The minimum Gasteiger partial charge on any atom is -0.394 e. The highest BCUT2D eigenvalue weighted by Crippen LogP contribution is 1.99. The van der Waals surface area contributed by atoms with Gasteiger partial charge in [-0.25, -0.2) is 0 Å². The summed E-state index contributed by atoms with van der Waals surface area (Å²) in [6.07, 6.45) is 0. The Kier molecular flexibility index (Phi) is 24.3. The average molecular weight is 463 g/mol. The number of hydrogen-bond donors (Lipinski definition) is 1. The summed E-state index contributed by atoms with van der Waals surface area (Å²) in [5.41, 5.74) is 0. The van der Waals surface area contributed by atoms with Gasteiger partial charge in [-0.3, -0.25) is 0 Å². The molecule has 0 aromatic heterocycles. The molecule has 0 aliphatic heterocycles. The number of halogens is 1. The van der Waals surface area contributed by atoms with E-state index in [4.69, 9.17) is 43.0 Å². The molecule has 0 aromatic carbocycles. The van der Waals surface area contributed by atoms with Gasteiger partial charge in [0.2, 0.25) is 0 Å². The number of ether oxygens (including phenoxy) is 8. The van der Waals surface area contributed by atoms with Gasteiger partial charge >= 0.3 is 0 Å². The average Bonchev–Trinajstić information content (AvgIpc) is 2.68. The summed E-state index contributed by atoms with van der Waals surface area (Å²) < 4.78 is 42.2. The molecule has 0 aliphatic rings. The van der Waals surface area contributed by atoms with Crippen LogP contribution in [0.1, 0.15) is 0 Å². The first-order valence-electron chi connectivity index (χ1n) is 9.13. The van der Waals surface area contributed by atoms with E-state index in [2.05, 4.69) is 15.9 Å². The van der Waals surface area contributed by atoms with E-state index in [1.54, 1.807) is 7.11 Å². The van der Waals surface area contributed by atoms with E-state index in [0.717, 1.165) is 0 Å². The summed E-state index contributed by atoms with van der Waals surface area (Å²) in [4.78, 5) is 0. The van der Waals surface area contributed by atoms with Crippen molar-refractivity contribution in [2.45, 2.75) is 5.01 Å². The van der Waals surface area contributed by atoms with Crippen LogP contribution in [0, 0.1) is 0 Å². The molecule has 164 valence electrons. The smallest absolute Gasteiger partial charge is 0.135 e. The molecule has 1 unspecified atom stereocenters. The van der Waals surface area contributed by atoms with Crippen LogP contribution in [0.3, 0.4) is 0 Å². The van der Waals surface area contributed by atoms with Gasteiger partial charge in [-0.15, -0.1) is 0 Å². The molecule has 0 aliphatic carbocycles. The van der Waals surface area contributed by atoms with Gasteiger partial charge in [0.25, 0.3) is 0 Å². The Morgan fingerprint density at radius 3 is 1.15 bits per heavy atom. The quantitative estimate of drug-likeness (QED) is 0.171. The first-order valence-corrected chi connectivity index (χ1v) is 10.0. The van der Waals surface area contributed by atoms with Crippen LogP contribution in [-0.2, 0) is 37.9 Å². The van der Waals surface area contributed by atoms with Crippen LogP contribution in [0.5, 0.6) is 0 Å². The molecule has 0 heterocycles. The van der Waals surface area contributed by atoms with Crippen molar-refractivity contribution < 1.29 is 43.0 Å². The highest BCUT2D eigenvalue weighted by Gasteiger charge is 2.00. The van der Waals surface area contributed by atoms with Gasteiger partial charge in [0, 0.05) is 7.11 Å². The van der Waals surface area contributed by atoms with Crippen molar-refractivity contribution in [2.24, 2.45) is 0 Å². The first-order chi connectivity index (χ1) is 13.3. The molecule has 1 atom stereocenters. The molecule has 0 spiro atoms. The maximum absolute atomic E-state index is 8.52. The normalized spacial score (nSPS) is 12.6. The van der Waals surface area contributed by atoms with E-state index in [9.17, 15) is 0 Å². The molecule has 9 nitrogen and oxygen atoms in total. The minimum atomic E-state index is -0.0810. The maximum Gasteiger partial charge on any atom is 0.135 e. The standard InChI is InChI=1S/C17H35BrO9/c1-20-17(18)16-27-15-14-26-13-12-25-11-10-24-9-8-23-7-6-22-5-4-21-3-2-19/h17,19H,2-16H2,1H3. The largest absolute Gasteiger partial charge is 0.394 e. The van der Waals surface area contributed by atoms with Crippen LogP contribution in [0.15, 0.2) is 0 Å². The van der Waals surface area contributed by atoms with Crippen LogP contribution >= 0.6 is 15.9 Å². The predicted octanol–water partition coefficient (Wildman–Crippen LogP) is 0.462. The Hall–Kier alpha value is 0.120. The van der Waals surface area contributed by atoms with Crippen molar-refractivity contribution >= 4 is 15.9 Å². The highest BCUT2D eigenvalue weighted by atomic mass is 79.9. The summed E-state index contributed by atoms with van der Waals surface area (Å²) in [5, 5.41) is 8.44. The molecule has 0 fully saturated rings. The van der Waals surface area contributed by atoms with Gasteiger partial charge in [-0.05, 0) is 0 Å². The van der Waals surface area contributed by atoms with Gasteiger partial charge in [-0.2, -0.15) is 0 Å². The van der Waals surface area contributed by atoms with E-state index in [1.807, 2.05) is 0 Å². The summed E-state index contributed by atoms with van der Waals surface area (Å²) >= 11 is 3.29. The topological polar surface area (TPSA) is 94.1 Å². The van der Waals surface area contributed by atoms with Gasteiger partial charge in [0.1, 0.15) is 5.01 Å². The number of aliphatic hydroxyl groups is 1.